The third-order valence-electron chi connectivity index (χ3n) is 1.80. The summed E-state index contributed by atoms with van der Waals surface area (Å²) in [4.78, 5) is 0. The predicted molar refractivity (Wildman–Crippen MR) is 44.8 cm³/mol. The van der Waals surface area contributed by atoms with E-state index in [0.29, 0.717) is 0 Å². The summed E-state index contributed by atoms with van der Waals surface area (Å²) in [6.45, 7) is 4.36. The first kappa shape index (κ1) is 9.09. The van der Waals surface area contributed by atoms with Crippen LogP contribution < -0.4 is 0 Å². The maximum atomic E-state index is 2.18. The van der Waals surface area contributed by atoms with E-state index in [4.69, 9.17) is 0 Å². The number of hydrogen-bond donors (Lipinski definition) is 0. The van der Waals surface area contributed by atoms with Gasteiger partial charge in [-0.3, -0.25) is 0 Å². The van der Waals surface area contributed by atoms with Crippen molar-refractivity contribution in [3.63, 3.8) is 0 Å². The second kappa shape index (κ2) is 3.99. The third-order valence-corrected chi connectivity index (χ3v) is 1.80. The summed E-state index contributed by atoms with van der Waals surface area (Å²) in [6, 6.07) is 10.5. The fraction of sp³-hybridized carbons (Fsp3) is 0.300. The molecule has 0 saturated heterocycles. The molecule has 1 heteroatoms. The van der Waals surface area contributed by atoms with Gasteiger partial charge >= 0.3 is 0 Å². The molecule has 0 spiro atoms. The van der Waals surface area contributed by atoms with Crippen LogP contribution in [-0.4, -0.2) is 0 Å². The van der Waals surface area contributed by atoms with Crippen LogP contribution in [0.2, 0.25) is 0 Å². The molecule has 0 atom stereocenters. The zero-order valence-electron chi connectivity index (χ0n) is 7.30. The molecule has 56 valence electrons. The molecule has 0 nitrogen and oxygen atoms in total. The zero-order chi connectivity index (χ0) is 7.40. The Kier molecular flexibility index (Phi) is 3.30. The van der Waals surface area contributed by atoms with E-state index in [9.17, 15) is 0 Å². The van der Waals surface area contributed by atoms with Crippen LogP contribution in [0.1, 0.15) is 25.8 Å². The number of rotatable bonds is 2. The van der Waals surface area contributed by atoms with Crippen LogP contribution >= 0.6 is 0 Å². The first-order chi connectivity index (χ1) is 4.84. The van der Waals surface area contributed by atoms with Crippen molar-refractivity contribution in [1.82, 2.24) is 0 Å². The minimum absolute atomic E-state index is 0. The molecule has 0 N–H and O–H groups in total. The topological polar surface area (TPSA) is 0 Å². The summed E-state index contributed by atoms with van der Waals surface area (Å²) < 4.78 is 0. The van der Waals surface area contributed by atoms with Gasteiger partial charge in [0.05, 0.1) is 0 Å². The largest absolute Gasteiger partial charge is 0.189 e. The van der Waals surface area contributed by atoms with Crippen LogP contribution in [0, 0.1) is 5.92 Å². The zero-order valence-corrected chi connectivity index (χ0v) is 13.7. The Bertz CT molecular complexity index is 181. The smallest absolute Gasteiger partial charge is 0 e. The normalized spacial score (nSPS) is 8.55. The summed E-state index contributed by atoms with van der Waals surface area (Å²) in [6.07, 6.45) is 1.14. The van der Waals surface area contributed by atoms with Gasteiger partial charge in [-0.05, 0) is 0 Å². The quantitative estimate of drug-likeness (QED) is 0.670. The van der Waals surface area contributed by atoms with Gasteiger partial charge in [0, 0.05) is 0 Å². The molecule has 1 rings (SSSR count). The Hall–Kier alpha value is -1.91. The summed E-state index contributed by atoms with van der Waals surface area (Å²) in [7, 11) is 0. The number of hydrogen-bond acceptors (Lipinski definition) is 0. The van der Waals surface area contributed by atoms with Gasteiger partial charge < -0.3 is 0 Å². The van der Waals surface area contributed by atoms with E-state index in [2.05, 4.69) is 38.1 Å². The fourth-order valence-electron chi connectivity index (χ4n) is 0.927. The van der Waals surface area contributed by atoms with Crippen LogP contribution in [0.5, 0.6) is 0 Å². The van der Waals surface area contributed by atoms with E-state index in [0.717, 1.165) is 6.42 Å². The van der Waals surface area contributed by atoms with Gasteiger partial charge in [0.1, 0.15) is 0 Å². The second-order valence-corrected chi connectivity index (χ2v) is 2.50. The number of benzene rings is 1. The van der Waals surface area contributed by atoms with Crippen LogP contribution in [0.4, 0.5) is 0 Å². The molecule has 0 amide bonds. The second-order valence-electron chi connectivity index (χ2n) is 2.50. The van der Waals surface area contributed by atoms with Gasteiger partial charge in [-0.1, -0.05) is 26.3 Å². The first-order valence-corrected chi connectivity index (χ1v) is 3.72. The van der Waals surface area contributed by atoms with Gasteiger partial charge in [-0.2, -0.15) is 23.6 Å². The maximum Gasteiger partial charge on any atom is 0 e. The van der Waals surface area contributed by atoms with E-state index in [1.54, 1.807) is 0 Å². The van der Waals surface area contributed by atoms with E-state index in [-0.39, 0.29) is 0 Å². The van der Waals surface area contributed by atoms with E-state index < -0.39 is 0 Å². The van der Waals surface area contributed by atoms with Gasteiger partial charge in [0.15, 0.2) is 0 Å². The Morgan fingerprint density at radius 3 is 2.18 bits per heavy atom. The Morgan fingerprint density at radius 2 is 1.73 bits per heavy atom. The van der Waals surface area contributed by atoms with Crippen LogP contribution in [-0.2, 0) is 0 Å². The third kappa shape index (κ3) is 2.05. The molecule has 11 heavy (non-hydrogen) atoms. The summed E-state index contributed by atoms with van der Waals surface area (Å²) in [5.41, 5.74) is 1.37. The van der Waals surface area contributed by atoms with Crippen molar-refractivity contribution in [3.8, 4) is 0 Å². The predicted octanol–water partition coefficient (Wildman–Crippen LogP) is 3.04. The minimum Gasteiger partial charge on any atom is -0.189 e. The fourth-order valence-corrected chi connectivity index (χ4v) is 0.927. The Labute approximate surface area is 62.9 Å². The molecule has 0 heterocycles. The summed E-state index contributed by atoms with van der Waals surface area (Å²) in [5.74, 6) is 1.46. The van der Waals surface area contributed by atoms with Crippen molar-refractivity contribution in [2.24, 2.45) is 0 Å². The molecule has 0 saturated carbocycles. The van der Waals surface area contributed by atoms with Crippen molar-refractivity contribution in [3.05, 3.63) is 41.8 Å². The maximum absolute atomic E-state index is 2.18. The van der Waals surface area contributed by atoms with Gasteiger partial charge in [0.2, 0.25) is 0 Å². The average molecular weight is 400 g/mol. The van der Waals surface area contributed by atoms with Crippen molar-refractivity contribution in [2.75, 3.05) is 0 Å². The standard InChI is InChI=1S/C10H13.Rf/c1-3-9(2)10-7-5-4-6-8-10;/h4-8H,3H2,1-2H3;/q-1;. The van der Waals surface area contributed by atoms with E-state index in [1.807, 2.05) is 6.07 Å². The molecule has 0 fully saturated rings. The molecule has 0 aliphatic heterocycles. The van der Waals surface area contributed by atoms with Crippen LogP contribution in [0.15, 0.2) is 30.3 Å². The van der Waals surface area contributed by atoms with Crippen molar-refractivity contribution >= 4 is 0 Å². The Morgan fingerprint density at radius 1 is 1.18 bits per heavy atom. The van der Waals surface area contributed by atoms with Gasteiger partial charge in [-0.15, -0.1) is 12.1 Å². The van der Waals surface area contributed by atoms with Crippen LogP contribution in [0.3, 0.4) is 0 Å². The van der Waals surface area contributed by atoms with Gasteiger partial charge in [0.25, 0.3) is 0 Å². The van der Waals surface area contributed by atoms with Crippen molar-refractivity contribution in [2.45, 2.75) is 20.3 Å². The SMILES string of the molecule is CC[C-](C)c1ccccc1.[Rf]. The molecule has 0 aromatic heterocycles. The van der Waals surface area contributed by atoms with Gasteiger partial charge in [-0.25, -0.2) is 0 Å². The molecule has 0 aliphatic carbocycles. The molecule has 0 radical (unpaired) electrons. The molecule has 1 aromatic rings. The monoisotopic (exact) mass is 400 g/mol. The molecule has 0 bridgehead atoms. The molecular formula is C10H13Rf-. The van der Waals surface area contributed by atoms with Crippen LogP contribution in [0.25, 0.3) is 0 Å². The van der Waals surface area contributed by atoms with Crippen molar-refractivity contribution in [1.29, 1.82) is 0 Å². The summed E-state index contributed by atoms with van der Waals surface area (Å²) >= 11 is 0. The minimum atomic E-state index is 0. The molecule has 0 unspecified atom stereocenters. The molecule has 1 aromatic carbocycles. The first-order valence-electron chi connectivity index (χ1n) is 3.72. The average Bonchev–Trinajstić information content (AvgIpc) is 2.05. The molecule has 0 aliphatic rings. The van der Waals surface area contributed by atoms with E-state index >= 15 is 0 Å². The van der Waals surface area contributed by atoms with Crippen molar-refractivity contribution < 1.29 is 0 Å². The molecular weight excluding hydrogens is 387 g/mol. The summed E-state index contributed by atoms with van der Waals surface area (Å²) in [5, 5.41) is 0. The Balaban J connectivity index is 0.000001000. The van der Waals surface area contributed by atoms with E-state index in [1.165, 1.54) is 11.5 Å².